The topological polar surface area (TPSA) is 97.5 Å². The van der Waals surface area contributed by atoms with Crippen LogP contribution in [0.15, 0.2) is 0 Å². The van der Waals surface area contributed by atoms with E-state index < -0.39 is 21.3 Å². The van der Waals surface area contributed by atoms with Crippen LogP contribution in [0.2, 0.25) is 0 Å². The lowest BCUT2D eigenvalue weighted by molar-refractivity contribution is -0.138. The number of nitrogens with two attached hydrogens (primary N) is 1. The van der Waals surface area contributed by atoms with Gasteiger partial charge in [-0.25, -0.2) is 8.42 Å². The van der Waals surface area contributed by atoms with Gasteiger partial charge in [-0.2, -0.15) is 0 Å². The second-order valence-corrected chi connectivity index (χ2v) is 5.46. The summed E-state index contributed by atoms with van der Waals surface area (Å²) in [7, 11) is -3.09. The van der Waals surface area contributed by atoms with E-state index in [1.807, 2.05) is 0 Å². The van der Waals surface area contributed by atoms with Crippen molar-refractivity contribution in [2.24, 2.45) is 5.73 Å². The van der Waals surface area contributed by atoms with Gasteiger partial charge in [-0.05, 0) is 6.42 Å². The van der Waals surface area contributed by atoms with Crippen LogP contribution in [0.25, 0.3) is 0 Å². The molecule has 1 rings (SSSR count). The van der Waals surface area contributed by atoms with Gasteiger partial charge in [0.1, 0.15) is 0 Å². The van der Waals surface area contributed by atoms with E-state index in [0.29, 0.717) is 0 Å². The van der Waals surface area contributed by atoms with E-state index >= 15 is 0 Å². The Morgan fingerprint density at radius 2 is 2.17 bits per heavy atom. The summed E-state index contributed by atoms with van der Waals surface area (Å²) in [5.41, 5.74) is 4.54. The molecule has 0 spiro atoms. The van der Waals surface area contributed by atoms with E-state index in [9.17, 15) is 13.2 Å². The van der Waals surface area contributed by atoms with Crippen LogP contribution in [0, 0.1) is 0 Å². The molecule has 1 fully saturated rings. The van der Waals surface area contributed by atoms with Crippen LogP contribution < -0.4 is 5.73 Å². The van der Waals surface area contributed by atoms with Crippen molar-refractivity contribution < 1.29 is 18.3 Å². The molecule has 0 unspecified atom stereocenters. The molecule has 0 aliphatic carbocycles. The zero-order valence-electron chi connectivity index (χ0n) is 6.49. The summed E-state index contributed by atoms with van der Waals surface area (Å²) in [6, 6.07) is 0. The lowest BCUT2D eigenvalue weighted by Gasteiger charge is -2.18. The van der Waals surface area contributed by atoms with Crippen LogP contribution in [0.1, 0.15) is 12.8 Å². The minimum atomic E-state index is -3.09. The van der Waals surface area contributed by atoms with Gasteiger partial charge < -0.3 is 10.8 Å². The highest BCUT2D eigenvalue weighted by atomic mass is 32.2. The fourth-order valence-corrected chi connectivity index (χ4v) is 3.37. The normalized spacial score (nSPS) is 33.4. The lowest BCUT2D eigenvalue weighted by Crippen LogP contribution is -2.43. The molecule has 0 amide bonds. The van der Waals surface area contributed by atoms with E-state index in [-0.39, 0.29) is 24.3 Å². The first kappa shape index (κ1) is 9.47. The maximum Gasteiger partial charge on any atom is 0.305 e. The number of rotatable bonds is 2. The van der Waals surface area contributed by atoms with Crippen molar-refractivity contribution in [3.05, 3.63) is 0 Å². The summed E-state index contributed by atoms with van der Waals surface area (Å²) < 4.78 is 21.9. The van der Waals surface area contributed by atoms with Gasteiger partial charge in [0.05, 0.1) is 17.9 Å². The Bertz CT molecular complexity index is 297. The number of carboxylic acid groups (broad SMARTS) is 1. The van der Waals surface area contributed by atoms with Crippen molar-refractivity contribution in [1.82, 2.24) is 0 Å². The van der Waals surface area contributed by atoms with Gasteiger partial charge in [0.2, 0.25) is 0 Å². The van der Waals surface area contributed by atoms with Crippen molar-refractivity contribution >= 4 is 15.8 Å². The first-order chi connectivity index (χ1) is 5.33. The average molecular weight is 193 g/mol. The maximum atomic E-state index is 11.0. The summed E-state index contributed by atoms with van der Waals surface area (Å²) in [4.78, 5) is 10.3. The van der Waals surface area contributed by atoms with E-state index in [4.69, 9.17) is 10.8 Å². The van der Waals surface area contributed by atoms with Gasteiger partial charge in [-0.3, -0.25) is 4.79 Å². The van der Waals surface area contributed by atoms with Crippen LogP contribution in [-0.2, 0) is 14.6 Å². The molecule has 0 saturated carbocycles. The van der Waals surface area contributed by atoms with Crippen molar-refractivity contribution in [1.29, 1.82) is 0 Å². The highest BCUT2D eigenvalue weighted by molar-refractivity contribution is 7.91. The van der Waals surface area contributed by atoms with Gasteiger partial charge in [0.25, 0.3) is 0 Å². The minimum absolute atomic E-state index is 0.0107. The third-order valence-electron chi connectivity index (χ3n) is 1.92. The minimum Gasteiger partial charge on any atom is -0.481 e. The molecule has 0 bridgehead atoms. The van der Waals surface area contributed by atoms with E-state index in [0.717, 1.165) is 0 Å². The molecule has 6 heteroatoms. The summed E-state index contributed by atoms with van der Waals surface area (Å²) in [6.07, 6.45) is -0.0200. The van der Waals surface area contributed by atoms with Crippen molar-refractivity contribution in [2.75, 3.05) is 11.5 Å². The standard InChI is InChI=1S/C6H11NO4S/c7-6(3-5(8)9)1-2-12(10,11)4-6/h1-4,7H2,(H,8,9)/t6-/m0/s1. The predicted molar refractivity (Wildman–Crippen MR) is 42.4 cm³/mol. The molecule has 0 aromatic rings. The maximum absolute atomic E-state index is 11.0. The summed E-state index contributed by atoms with van der Waals surface area (Å²) in [5.74, 6) is -1.24. The van der Waals surface area contributed by atoms with E-state index in [1.54, 1.807) is 0 Å². The van der Waals surface area contributed by atoms with Gasteiger partial charge in [0, 0.05) is 5.54 Å². The van der Waals surface area contributed by atoms with Crippen LogP contribution in [0.3, 0.4) is 0 Å². The first-order valence-corrected chi connectivity index (χ1v) is 5.36. The zero-order chi connectivity index (χ0) is 9.41. The number of carboxylic acids is 1. The van der Waals surface area contributed by atoms with Crippen LogP contribution >= 0.6 is 0 Å². The Hall–Kier alpha value is -0.620. The lowest BCUT2D eigenvalue weighted by atomic mass is 9.96. The summed E-state index contributed by atoms with van der Waals surface area (Å²) >= 11 is 0. The Labute approximate surface area is 70.5 Å². The van der Waals surface area contributed by atoms with E-state index in [2.05, 4.69) is 0 Å². The second kappa shape index (κ2) is 2.70. The quantitative estimate of drug-likeness (QED) is 0.584. The van der Waals surface area contributed by atoms with Crippen molar-refractivity contribution in [3.8, 4) is 0 Å². The molecule has 3 N–H and O–H groups in total. The molecule has 70 valence electrons. The Balaban J connectivity index is 2.71. The molecule has 0 aromatic carbocycles. The number of sulfone groups is 1. The molecule has 1 heterocycles. The summed E-state index contributed by atoms with van der Waals surface area (Å²) in [6.45, 7) is 0. The number of carbonyl (C=O) groups is 1. The predicted octanol–water partition coefficient (Wildman–Crippen LogP) is -1.02. The third-order valence-corrected chi connectivity index (χ3v) is 3.76. The second-order valence-electron chi connectivity index (χ2n) is 3.27. The van der Waals surface area contributed by atoms with Gasteiger partial charge in [-0.1, -0.05) is 0 Å². The first-order valence-electron chi connectivity index (χ1n) is 3.54. The van der Waals surface area contributed by atoms with Crippen LogP contribution in [0.5, 0.6) is 0 Å². The smallest absolute Gasteiger partial charge is 0.305 e. The molecule has 0 radical (unpaired) electrons. The molecule has 1 aliphatic heterocycles. The average Bonchev–Trinajstić information content (AvgIpc) is 2.03. The zero-order valence-corrected chi connectivity index (χ0v) is 7.30. The van der Waals surface area contributed by atoms with Gasteiger partial charge in [-0.15, -0.1) is 0 Å². The monoisotopic (exact) mass is 193 g/mol. The summed E-state index contributed by atoms with van der Waals surface area (Å²) in [5, 5.41) is 8.43. The Kier molecular flexibility index (Phi) is 2.13. The van der Waals surface area contributed by atoms with Gasteiger partial charge >= 0.3 is 5.97 Å². The fourth-order valence-electron chi connectivity index (χ4n) is 1.38. The Morgan fingerprint density at radius 3 is 2.50 bits per heavy atom. The molecular weight excluding hydrogens is 182 g/mol. The molecule has 1 aliphatic rings. The molecular formula is C6H11NO4S. The van der Waals surface area contributed by atoms with E-state index in [1.165, 1.54) is 0 Å². The molecule has 1 saturated heterocycles. The van der Waals surface area contributed by atoms with Crippen LogP contribution in [-0.4, -0.2) is 36.5 Å². The van der Waals surface area contributed by atoms with Crippen molar-refractivity contribution in [2.45, 2.75) is 18.4 Å². The largest absolute Gasteiger partial charge is 0.481 e. The van der Waals surface area contributed by atoms with Crippen molar-refractivity contribution in [3.63, 3.8) is 0 Å². The third kappa shape index (κ3) is 2.18. The fraction of sp³-hybridized carbons (Fsp3) is 0.833. The SMILES string of the molecule is N[C@]1(CC(=O)O)CCS(=O)(=O)C1. The highest BCUT2D eigenvalue weighted by Crippen LogP contribution is 2.23. The molecule has 12 heavy (non-hydrogen) atoms. The number of hydrogen-bond acceptors (Lipinski definition) is 4. The Morgan fingerprint density at radius 1 is 1.58 bits per heavy atom. The highest BCUT2D eigenvalue weighted by Gasteiger charge is 2.40. The van der Waals surface area contributed by atoms with Gasteiger partial charge in [0.15, 0.2) is 9.84 Å². The van der Waals surface area contributed by atoms with Crippen LogP contribution in [0.4, 0.5) is 0 Å². The molecule has 5 nitrogen and oxygen atoms in total. The number of hydrogen-bond donors (Lipinski definition) is 2. The molecule has 0 aromatic heterocycles. The number of aliphatic carboxylic acids is 1. The molecule has 1 atom stereocenters.